The third kappa shape index (κ3) is 11.1. The Bertz CT molecular complexity index is 678. The van der Waals surface area contributed by atoms with E-state index in [-0.39, 0.29) is 11.0 Å². The fourth-order valence-electron chi connectivity index (χ4n) is 3.10. The van der Waals surface area contributed by atoms with Gasteiger partial charge in [-0.25, -0.2) is 0 Å². The molecule has 0 aromatic heterocycles. The van der Waals surface area contributed by atoms with Crippen LogP contribution in [0, 0.1) is 5.92 Å². The average Bonchev–Trinajstić information content (AvgIpc) is 2.70. The quantitative estimate of drug-likeness (QED) is 0.272. The lowest BCUT2D eigenvalue weighted by molar-refractivity contribution is 0.0651. The maximum Gasteiger partial charge on any atom is 0.192 e. The molecule has 2 N–H and O–H groups in total. The van der Waals surface area contributed by atoms with Gasteiger partial charge in [-0.15, -0.1) is 0 Å². The Kier molecular flexibility index (Phi) is 12.2. The first kappa shape index (κ1) is 28.8. The second kappa shape index (κ2) is 13.5. The van der Waals surface area contributed by atoms with Gasteiger partial charge in [0.25, 0.3) is 0 Å². The summed E-state index contributed by atoms with van der Waals surface area (Å²) in [5.41, 5.74) is 2.20. The van der Waals surface area contributed by atoms with Crippen LogP contribution in [0.5, 0.6) is 5.75 Å². The van der Waals surface area contributed by atoms with Gasteiger partial charge in [-0.05, 0) is 67.9 Å². The minimum Gasteiger partial charge on any atom is -0.497 e. The average molecular weight is 467 g/mol. The second-order valence-corrected chi connectivity index (χ2v) is 15.4. The fourth-order valence-corrected chi connectivity index (χ4v) is 4.14. The molecule has 0 saturated carbocycles. The molecule has 32 heavy (non-hydrogen) atoms. The predicted octanol–water partition coefficient (Wildman–Crippen LogP) is 5.71. The van der Waals surface area contributed by atoms with Crippen LogP contribution < -0.4 is 4.74 Å². The van der Waals surface area contributed by atoms with E-state index in [0.717, 1.165) is 16.9 Å². The molecule has 0 spiro atoms. The van der Waals surface area contributed by atoms with E-state index in [1.54, 1.807) is 7.11 Å². The van der Waals surface area contributed by atoms with Crippen molar-refractivity contribution < 1.29 is 24.1 Å². The first-order valence-electron chi connectivity index (χ1n) is 11.7. The summed E-state index contributed by atoms with van der Waals surface area (Å²) in [6, 6.07) is 7.85. The lowest BCUT2D eigenvalue weighted by Crippen LogP contribution is -2.42. The molecule has 184 valence electrons. The highest BCUT2D eigenvalue weighted by Crippen LogP contribution is 2.36. The van der Waals surface area contributed by atoms with Gasteiger partial charge in [-0.1, -0.05) is 51.5 Å². The summed E-state index contributed by atoms with van der Waals surface area (Å²) in [7, 11) is -0.189. The molecule has 0 fully saturated rings. The van der Waals surface area contributed by atoms with Gasteiger partial charge in [0.05, 0.1) is 32.5 Å². The molecule has 0 aliphatic rings. The number of rotatable bonds is 14. The summed E-state index contributed by atoms with van der Waals surface area (Å²) in [5.74, 6) is 1.10. The van der Waals surface area contributed by atoms with Crippen LogP contribution in [-0.4, -0.2) is 51.1 Å². The van der Waals surface area contributed by atoms with Crippen molar-refractivity contribution in [2.45, 2.75) is 90.8 Å². The van der Waals surface area contributed by atoms with Crippen LogP contribution in [0.4, 0.5) is 0 Å². The van der Waals surface area contributed by atoms with E-state index in [9.17, 15) is 10.2 Å². The molecule has 0 radical (unpaired) electrons. The molecule has 6 heteroatoms. The Morgan fingerprint density at radius 1 is 1.06 bits per heavy atom. The summed E-state index contributed by atoms with van der Waals surface area (Å²) in [6.45, 7) is 16.6. The highest BCUT2D eigenvalue weighted by atomic mass is 28.4. The van der Waals surface area contributed by atoms with E-state index in [0.29, 0.717) is 39.1 Å². The summed E-state index contributed by atoms with van der Waals surface area (Å²) in [4.78, 5) is 0. The molecular formula is C26H46O5Si. The zero-order chi connectivity index (χ0) is 24.4. The Hall–Kier alpha value is -1.18. The van der Waals surface area contributed by atoms with Gasteiger partial charge < -0.3 is 24.1 Å². The van der Waals surface area contributed by atoms with Crippen LogP contribution in [0.15, 0.2) is 35.9 Å². The van der Waals surface area contributed by atoms with Gasteiger partial charge in [0.2, 0.25) is 0 Å². The van der Waals surface area contributed by atoms with Crippen molar-refractivity contribution >= 4 is 8.32 Å². The van der Waals surface area contributed by atoms with Crippen molar-refractivity contribution in [1.82, 2.24) is 0 Å². The Morgan fingerprint density at radius 3 is 2.25 bits per heavy atom. The number of aliphatic hydroxyl groups excluding tert-OH is 2. The van der Waals surface area contributed by atoms with Crippen molar-refractivity contribution in [3.8, 4) is 5.75 Å². The van der Waals surface area contributed by atoms with Gasteiger partial charge in [-0.2, -0.15) is 0 Å². The Labute approximate surface area is 196 Å². The number of hydrogen-bond acceptors (Lipinski definition) is 5. The number of hydrogen-bond donors (Lipinski definition) is 2. The number of methoxy groups -OCH3 is 1. The highest BCUT2D eigenvalue weighted by molar-refractivity contribution is 6.74. The first-order valence-corrected chi connectivity index (χ1v) is 14.6. The Morgan fingerprint density at radius 2 is 1.69 bits per heavy atom. The second-order valence-electron chi connectivity index (χ2n) is 10.6. The summed E-state index contributed by atoms with van der Waals surface area (Å²) in [5, 5.41) is 20.9. The van der Waals surface area contributed by atoms with Gasteiger partial charge in [0.1, 0.15) is 5.75 Å². The maximum absolute atomic E-state index is 10.4. The summed E-state index contributed by atoms with van der Waals surface area (Å²) in [6.07, 6.45) is 2.94. The minimum atomic E-state index is -1.84. The molecule has 1 rings (SSSR count). The number of aliphatic hydroxyl groups is 2. The third-order valence-electron chi connectivity index (χ3n) is 6.24. The molecule has 0 aliphatic carbocycles. The van der Waals surface area contributed by atoms with Crippen molar-refractivity contribution in [1.29, 1.82) is 0 Å². The zero-order valence-corrected chi connectivity index (χ0v) is 22.5. The van der Waals surface area contributed by atoms with E-state index < -0.39 is 20.5 Å². The monoisotopic (exact) mass is 466 g/mol. The summed E-state index contributed by atoms with van der Waals surface area (Å²) < 4.78 is 17.1. The SMILES string of the molecule is COc1ccc(COC[C@@H](C)C[C@H](O)CC(C)=CC[C@H](O)CO[Si](C)(C)C(C)(C)C)cc1. The van der Waals surface area contributed by atoms with E-state index in [1.165, 1.54) is 0 Å². The molecule has 0 bridgehead atoms. The molecule has 0 unspecified atom stereocenters. The van der Waals surface area contributed by atoms with Gasteiger partial charge >= 0.3 is 0 Å². The lowest BCUT2D eigenvalue weighted by Gasteiger charge is -2.36. The molecular weight excluding hydrogens is 420 g/mol. The molecule has 1 aromatic carbocycles. The van der Waals surface area contributed by atoms with E-state index in [1.807, 2.05) is 37.3 Å². The molecule has 3 atom stereocenters. The van der Waals surface area contributed by atoms with Crippen molar-refractivity contribution in [3.05, 3.63) is 41.5 Å². The largest absolute Gasteiger partial charge is 0.497 e. The fraction of sp³-hybridized carbons (Fsp3) is 0.692. The highest BCUT2D eigenvalue weighted by Gasteiger charge is 2.37. The normalized spacial score (nSPS) is 16.0. The van der Waals surface area contributed by atoms with Crippen LogP contribution >= 0.6 is 0 Å². The maximum atomic E-state index is 10.4. The predicted molar refractivity (Wildman–Crippen MR) is 135 cm³/mol. The third-order valence-corrected chi connectivity index (χ3v) is 10.7. The Balaban J connectivity index is 2.29. The van der Waals surface area contributed by atoms with Gasteiger partial charge in [-0.3, -0.25) is 0 Å². The van der Waals surface area contributed by atoms with Crippen LogP contribution in [0.2, 0.25) is 18.1 Å². The van der Waals surface area contributed by atoms with E-state index >= 15 is 0 Å². The molecule has 0 aliphatic heterocycles. The van der Waals surface area contributed by atoms with E-state index in [2.05, 4.69) is 40.8 Å². The molecule has 1 aromatic rings. The van der Waals surface area contributed by atoms with Crippen LogP contribution in [0.25, 0.3) is 0 Å². The first-order chi connectivity index (χ1) is 14.8. The number of ether oxygens (including phenoxy) is 2. The zero-order valence-electron chi connectivity index (χ0n) is 21.5. The molecule has 0 heterocycles. The molecule has 0 amide bonds. The summed E-state index contributed by atoms with van der Waals surface area (Å²) >= 11 is 0. The van der Waals surface area contributed by atoms with Gasteiger partial charge in [0.15, 0.2) is 8.32 Å². The van der Waals surface area contributed by atoms with Crippen LogP contribution in [0.3, 0.4) is 0 Å². The van der Waals surface area contributed by atoms with Crippen LogP contribution in [-0.2, 0) is 15.8 Å². The van der Waals surface area contributed by atoms with Crippen molar-refractivity contribution in [2.75, 3.05) is 20.3 Å². The topological polar surface area (TPSA) is 68.2 Å². The van der Waals surface area contributed by atoms with E-state index in [4.69, 9.17) is 13.9 Å². The minimum absolute atomic E-state index is 0.137. The smallest absolute Gasteiger partial charge is 0.192 e. The molecule has 5 nitrogen and oxygen atoms in total. The standard InChI is InChI=1S/C26H46O5Si/c1-20(9-12-23(27)19-31-32(7,8)26(3,4)5)15-24(28)16-21(2)17-30-18-22-10-13-25(29-6)14-11-22/h9-11,13-14,21,23-24,27-28H,12,15-19H2,1-8H3/t21-,23-,24+/m0/s1. The van der Waals surface area contributed by atoms with Crippen LogP contribution in [0.1, 0.15) is 59.4 Å². The lowest BCUT2D eigenvalue weighted by atomic mass is 9.99. The van der Waals surface area contributed by atoms with Gasteiger partial charge in [0, 0.05) is 6.61 Å². The van der Waals surface area contributed by atoms with Crippen molar-refractivity contribution in [3.63, 3.8) is 0 Å². The van der Waals surface area contributed by atoms with Crippen molar-refractivity contribution in [2.24, 2.45) is 5.92 Å². The molecule has 0 saturated heterocycles. The number of benzene rings is 1.